The van der Waals surface area contributed by atoms with E-state index in [0.29, 0.717) is 18.0 Å². The smallest absolute Gasteiger partial charge is 0.245 e. The number of aryl methyl sites for hydroxylation is 2. The van der Waals surface area contributed by atoms with Crippen LogP contribution in [0.25, 0.3) is 0 Å². The first-order valence-corrected chi connectivity index (χ1v) is 9.35. The molecule has 0 bridgehead atoms. The van der Waals surface area contributed by atoms with Crippen molar-refractivity contribution < 1.29 is 17.9 Å². The van der Waals surface area contributed by atoms with Gasteiger partial charge in [-0.25, -0.2) is 8.42 Å². The summed E-state index contributed by atoms with van der Waals surface area (Å²) in [6.45, 7) is 0.814. The van der Waals surface area contributed by atoms with E-state index in [2.05, 4.69) is 0 Å². The molecule has 0 radical (unpaired) electrons. The summed E-state index contributed by atoms with van der Waals surface area (Å²) in [4.78, 5) is 13.8. The number of methoxy groups -OCH3 is 1. The number of carbonyl (C=O) groups excluding carboxylic acids is 1. The lowest BCUT2D eigenvalue weighted by atomic mass is 9.92. The van der Waals surface area contributed by atoms with Crippen molar-refractivity contribution in [3.05, 3.63) is 29.3 Å². The maximum absolute atomic E-state index is 12.8. The zero-order valence-corrected chi connectivity index (χ0v) is 14.1. The van der Waals surface area contributed by atoms with Gasteiger partial charge in [-0.1, -0.05) is 6.07 Å². The molecule has 1 aliphatic heterocycles. The minimum absolute atomic E-state index is 0.0941. The Bertz CT molecular complexity index is 702. The Kier molecular flexibility index (Phi) is 4.70. The highest BCUT2D eigenvalue weighted by atomic mass is 32.2. The molecule has 2 aliphatic rings. The normalized spacial score (nSPS) is 19.2. The van der Waals surface area contributed by atoms with E-state index >= 15 is 0 Å². The Hall–Kier alpha value is -1.44. The quantitative estimate of drug-likeness (QED) is 0.803. The van der Waals surface area contributed by atoms with Gasteiger partial charge in [0.25, 0.3) is 0 Å². The highest BCUT2D eigenvalue weighted by molar-refractivity contribution is 7.89. The third-order valence-electron chi connectivity index (χ3n) is 4.52. The minimum Gasteiger partial charge on any atom is -0.383 e. The number of hydrogen-bond acceptors (Lipinski definition) is 4. The predicted octanol–water partition coefficient (Wildman–Crippen LogP) is 1.00. The number of sulfonamides is 1. The molecule has 0 atom stereocenters. The number of benzene rings is 1. The van der Waals surface area contributed by atoms with E-state index in [1.165, 1.54) is 14.8 Å². The van der Waals surface area contributed by atoms with Crippen LogP contribution in [0.4, 0.5) is 0 Å². The standard InChI is InChI=1S/C16H22N2O4S/c1-22-9-8-17-12-18(11-16(17)19)23(20,21)15-7-6-13-4-2-3-5-14(13)10-15/h6-7,10H,2-5,8-9,11-12H2,1H3. The van der Waals surface area contributed by atoms with Gasteiger partial charge in [0.2, 0.25) is 15.9 Å². The fourth-order valence-corrected chi connectivity index (χ4v) is 4.55. The molecule has 3 rings (SSSR count). The van der Waals surface area contributed by atoms with Crippen LogP contribution in [0.1, 0.15) is 24.0 Å². The van der Waals surface area contributed by atoms with Crippen molar-refractivity contribution in [1.29, 1.82) is 0 Å². The van der Waals surface area contributed by atoms with Gasteiger partial charge in [-0.15, -0.1) is 0 Å². The van der Waals surface area contributed by atoms with Gasteiger partial charge in [-0.3, -0.25) is 4.79 Å². The lowest BCUT2D eigenvalue weighted by molar-refractivity contribution is -0.127. The van der Waals surface area contributed by atoms with Gasteiger partial charge in [-0.2, -0.15) is 4.31 Å². The van der Waals surface area contributed by atoms with Gasteiger partial charge < -0.3 is 9.64 Å². The second-order valence-corrected chi connectivity index (χ2v) is 7.98. The van der Waals surface area contributed by atoms with Crippen molar-refractivity contribution in [3.8, 4) is 0 Å². The molecule has 6 nitrogen and oxygen atoms in total. The van der Waals surface area contributed by atoms with E-state index in [4.69, 9.17) is 4.74 Å². The third-order valence-corrected chi connectivity index (χ3v) is 6.29. The molecule has 0 spiro atoms. The van der Waals surface area contributed by atoms with E-state index in [1.807, 2.05) is 6.07 Å². The third kappa shape index (κ3) is 3.27. The number of nitrogens with zero attached hydrogens (tertiary/aromatic N) is 2. The summed E-state index contributed by atoms with van der Waals surface area (Å²) in [6.07, 6.45) is 4.21. The van der Waals surface area contributed by atoms with Gasteiger partial charge in [0.05, 0.1) is 24.7 Å². The van der Waals surface area contributed by atoms with Gasteiger partial charge in [0.15, 0.2) is 0 Å². The number of fused-ring (bicyclic) bond motifs is 1. The summed E-state index contributed by atoms with van der Waals surface area (Å²) in [5.74, 6) is -0.177. The van der Waals surface area contributed by atoms with Crippen molar-refractivity contribution in [1.82, 2.24) is 9.21 Å². The van der Waals surface area contributed by atoms with Gasteiger partial charge in [0.1, 0.15) is 0 Å². The fraction of sp³-hybridized carbons (Fsp3) is 0.562. The van der Waals surface area contributed by atoms with Gasteiger partial charge in [-0.05, 0) is 48.9 Å². The maximum Gasteiger partial charge on any atom is 0.245 e. The molecule has 1 heterocycles. The molecule has 23 heavy (non-hydrogen) atoms. The summed E-state index contributed by atoms with van der Waals surface area (Å²) in [6, 6.07) is 5.37. The fourth-order valence-electron chi connectivity index (χ4n) is 3.15. The maximum atomic E-state index is 12.8. The predicted molar refractivity (Wildman–Crippen MR) is 85.4 cm³/mol. The van der Waals surface area contributed by atoms with Crippen molar-refractivity contribution >= 4 is 15.9 Å². The molecule has 1 amide bonds. The molecule has 1 aromatic rings. The topological polar surface area (TPSA) is 66.9 Å². The zero-order valence-electron chi connectivity index (χ0n) is 13.3. The largest absolute Gasteiger partial charge is 0.383 e. The van der Waals surface area contributed by atoms with Crippen LogP contribution >= 0.6 is 0 Å². The SMILES string of the molecule is COCCN1CN(S(=O)(=O)c2ccc3c(c2)CCCC3)CC1=O. The molecular weight excluding hydrogens is 316 g/mol. The van der Waals surface area contributed by atoms with Gasteiger partial charge >= 0.3 is 0 Å². The zero-order chi connectivity index (χ0) is 16.4. The van der Waals surface area contributed by atoms with E-state index in [-0.39, 0.29) is 19.1 Å². The first kappa shape index (κ1) is 16.4. The lowest BCUT2D eigenvalue weighted by Crippen LogP contribution is -2.33. The van der Waals surface area contributed by atoms with Crippen molar-refractivity contribution in [2.75, 3.05) is 33.5 Å². The van der Waals surface area contributed by atoms with Crippen molar-refractivity contribution in [2.24, 2.45) is 0 Å². The van der Waals surface area contributed by atoms with E-state index in [1.54, 1.807) is 19.2 Å². The number of carbonyl (C=O) groups is 1. The van der Waals surface area contributed by atoms with E-state index < -0.39 is 10.0 Å². The molecule has 0 N–H and O–H groups in total. The van der Waals surface area contributed by atoms with Crippen LogP contribution in [0.15, 0.2) is 23.1 Å². The average molecular weight is 338 g/mol. The summed E-state index contributed by atoms with van der Waals surface area (Å²) >= 11 is 0. The van der Waals surface area contributed by atoms with E-state index in [9.17, 15) is 13.2 Å². The Balaban J connectivity index is 1.80. The van der Waals surface area contributed by atoms with Crippen LogP contribution in [0, 0.1) is 0 Å². The van der Waals surface area contributed by atoms with Crippen LogP contribution in [-0.2, 0) is 32.4 Å². The van der Waals surface area contributed by atoms with Crippen molar-refractivity contribution in [3.63, 3.8) is 0 Å². The molecule has 7 heteroatoms. The summed E-state index contributed by atoms with van der Waals surface area (Å²) in [5, 5.41) is 0. The first-order valence-electron chi connectivity index (χ1n) is 7.91. The van der Waals surface area contributed by atoms with Crippen LogP contribution in [0.3, 0.4) is 0 Å². The van der Waals surface area contributed by atoms with E-state index in [0.717, 1.165) is 31.2 Å². The molecule has 1 saturated heterocycles. The molecule has 0 unspecified atom stereocenters. The molecular formula is C16H22N2O4S. The molecule has 126 valence electrons. The van der Waals surface area contributed by atoms with Gasteiger partial charge in [0, 0.05) is 13.7 Å². The summed E-state index contributed by atoms with van der Waals surface area (Å²) < 4.78 is 31.8. The Morgan fingerprint density at radius 3 is 2.65 bits per heavy atom. The second-order valence-electron chi connectivity index (χ2n) is 6.04. The average Bonchev–Trinajstić information content (AvgIpc) is 2.94. The Labute approximate surface area is 137 Å². The molecule has 1 aliphatic carbocycles. The molecule has 0 saturated carbocycles. The number of ether oxygens (including phenoxy) is 1. The lowest BCUT2D eigenvalue weighted by Gasteiger charge is -2.20. The number of rotatable bonds is 5. The Morgan fingerprint density at radius 1 is 1.17 bits per heavy atom. The summed E-state index contributed by atoms with van der Waals surface area (Å²) in [7, 11) is -2.08. The number of amides is 1. The minimum atomic E-state index is -3.63. The molecule has 1 aromatic carbocycles. The monoisotopic (exact) mass is 338 g/mol. The highest BCUT2D eigenvalue weighted by Crippen LogP contribution is 2.26. The molecule has 0 aromatic heterocycles. The highest BCUT2D eigenvalue weighted by Gasteiger charge is 2.36. The number of hydrogen-bond donors (Lipinski definition) is 0. The molecule has 1 fully saturated rings. The first-order chi connectivity index (χ1) is 11.0. The van der Waals surface area contributed by atoms with Crippen LogP contribution < -0.4 is 0 Å². The second kappa shape index (κ2) is 6.59. The van der Waals surface area contributed by atoms with Crippen LogP contribution in [-0.4, -0.2) is 57.0 Å². The summed E-state index contributed by atoms with van der Waals surface area (Å²) in [5.41, 5.74) is 2.37. The Morgan fingerprint density at radius 2 is 1.91 bits per heavy atom. The van der Waals surface area contributed by atoms with Crippen molar-refractivity contribution in [2.45, 2.75) is 30.6 Å². The van der Waals surface area contributed by atoms with Crippen LogP contribution in [0.2, 0.25) is 0 Å². The van der Waals surface area contributed by atoms with Crippen LogP contribution in [0.5, 0.6) is 0 Å².